The highest BCUT2D eigenvalue weighted by molar-refractivity contribution is 7.08. The van der Waals surface area contributed by atoms with Crippen molar-refractivity contribution in [2.45, 2.75) is 25.8 Å². The van der Waals surface area contributed by atoms with Crippen molar-refractivity contribution in [1.82, 2.24) is 5.32 Å². The third-order valence-corrected chi connectivity index (χ3v) is 3.36. The smallest absolute Gasteiger partial charge is 0.249 e. The second kappa shape index (κ2) is 4.65. The molecule has 1 saturated heterocycles. The molecule has 2 amide bonds. The van der Waals surface area contributed by atoms with Crippen molar-refractivity contribution in [2.24, 2.45) is 0 Å². The van der Waals surface area contributed by atoms with Crippen LogP contribution >= 0.6 is 11.3 Å². The molecule has 1 unspecified atom stereocenters. The Kier molecular flexibility index (Phi) is 3.24. The molecule has 1 aliphatic heterocycles. The number of carbonyl (C=O) groups excluding carboxylic acids is 2. The molecule has 1 atom stereocenters. The largest absolute Gasteiger partial charge is 0.344 e. The van der Waals surface area contributed by atoms with Crippen LogP contribution in [0.15, 0.2) is 16.8 Å². The molecule has 1 aromatic rings. The Morgan fingerprint density at radius 3 is 3.00 bits per heavy atom. The van der Waals surface area contributed by atoms with Crippen LogP contribution in [0.5, 0.6) is 0 Å². The van der Waals surface area contributed by atoms with Crippen molar-refractivity contribution in [1.29, 1.82) is 0 Å². The number of carbonyl (C=O) groups is 2. The van der Waals surface area contributed by atoms with Crippen LogP contribution in [0, 0.1) is 0 Å². The molecule has 0 aromatic carbocycles. The van der Waals surface area contributed by atoms with E-state index >= 15 is 0 Å². The van der Waals surface area contributed by atoms with Crippen molar-refractivity contribution in [2.75, 3.05) is 11.4 Å². The fraction of sp³-hybridized carbons (Fsp3) is 0.455. The fourth-order valence-corrected chi connectivity index (χ4v) is 2.43. The van der Waals surface area contributed by atoms with Gasteiger partial charge in [-0.3, -0.25) is 9.59 Å². The number of anilines is 1. The summed E-state index contributed by atoms with van der Waals surface area (Å²) < 4.78 is 0. The van der Waals surface area contributed by atoms with Crippen LogP contribution in [0.2, 0.25) is 0 Å². The molecule has 16 heavy (non-hydrogen) atoms. The van der Waals surface area contributed by atoms with E-state index < -0.39 is 0 Å². The Hall–Kier alpha value is -1.36. The van der Waals surface area contributed by atoms with Gasteiger partial charge in [-0.1, -0.05) is 6.92 Å². The van der Waals surface area contributed by atoms with Crippen LogP contribution in [0.1, 0.15) is 19.8 Å². The van der Waals surface area contributed by atoms with Gasteiger partial charge < -0.3 is 10.2 Å². The number of nitrogens with zero attached hydrogens (tertiary/aromatic N) is 1. The zero-order valence-corrected chi connectivity index (χ0v) is 9.92. The molecule has 1 aromatic heterocycles. The third kappa shape index (κ3) is 2.09. The van der Waals surface area contributed by atoms with Gasteiger partial charge in [-0.25, -0.2) is 0 Å². The molecule has 1 aliphatic rings. The summed E-state index contributed by atoms with van der Waals surface area (Å²) in [5.41, 5.74) is 0.893. The lowest BCUT2D eigenvalue weighted by atomic mass is 10.2. The van der Waals surface area contributed by atoms with Crippen LogP contribution in [-0.4, -0.2) is 24.4 Å². The van der Waals surface area contributed by atoms with Gasteiger partial charge in [0.05, 0.1) is 5.69 Å². The van der Waals surface area contributed by atoms with Crippen molar-refractivity contribution < 1.29 is 9.59 Å². The van der Waals surface area contributed by atoms with Crippen LogP contribution < -0.4 is 10.2 Å². The molecule has 4 nitrogen and oxygen atoms in total. The summed E-state index contributed by atoms with van der Waals surface area (Å²) in [7, 11) is 0. The van der Waals surface area contributed by atoms with E-state index in [9.17, 15) is 9.59 Å². The molecule has 5 heteroatoms. The number of nitrogens with one attached hydrogen (secondary N) is 1. The lowest BCUT2D eigenvalue weighted by Crippen LogP contribution is -2.44. The highest BCUT2D eigenvalue weighted by Gasteiger charge is 2.29. The first-order valence-electron chi connectivity index (χ1n) is 5.35. The minimum absolute atomic E-state index is 0.00764. The van der Waals surface area contributed by atoms with Gasteiger partial charge >= 0.3 is 0 Å². The Morgan fingerprint density at radius 1 is 1.56 bits per heavy atom. The van der Waals surface area contributed by atoms with Crippen molar-refractivity contribution in [3.05, 3.63) is 16.8 Å². The van der Waals surface area contributed by atoms with E-state index in [0.29, 0.717) is 19.4 Å². The number of hydrogen-bond acceptors (Lipinski definition) is 3. The summed E-state index contributed by atoms with van der Waals surface area (Å²) in [5, 5.41) is 6.61. The summed E-state index contributed by atoms with van der Waals surface area (Å²) in [6, 6.07) is 1.53. The van der Waals surface area contributed by atoms with Crippen molar-refractivity contribution in [3.8, 4) is 0 Å². The van der Waals surface area contributed by atoms with E-state index in [2.05, 4.69) is 5.32 Å². The molecular weight excluding hydrogens is 224 g/mol. The SMILES string of the molecule is CCC1NC(=O)CCN(c2ccsc2)C1=O. The fourth-order valence-electron chi connectivity index (χ4n) is 1.78. The van der Waals surface area contributed by atoms with Gasteiger partial charge in [-0.15, -0.1) is 0 Å². The maximum absolute atomic E-state index is 12.1. The molecule has 0 spiro atoms. The zero-order chi connectivity index (χ0) is 11.5. The minimum atomic E-state index is -0.380. The van der Waals surface area contributed by atoms with Crippen LogP contribution in [0.4, 0.5) is 5.69 Å². The van der Waals surface area contributed by atoms with E-state index in [1.807, 2.05) is 23.8 Å². The highest BCUT2D eigenvalue weighted by atomic mass is 32.1. The molecule has 0 aliphatic carbocycles. The maximum Gasteiger partial charge on any atom is 0.249 e. The number of rotatable bonds is 2. The third-order valence-electron chi connectivity index (χ3n) is 2.69. The molecular formula is C11H14N2O2S. The van der Waals surface area contributed by atoms with Gasteiger partial charge in [0.15, 0.2) is 0 Å². The quantitative estimate of drug-likeness (QED) is 0.846. The van der Waals surface area contributed by atoms with Crippen molar-refractivity contribution >= 4 is 28.8 Å². The van der Waals surface area contributed by atoms with E-state index in [1.54, 1.807) is 16.2 Å². The molecule has 2 rings (SSSR count). The second-order valence-electron chi connectivity index (χ2n) is 3.75. The maximum atomic E-state index is 12.1. The van der Waals surface area contributed by atoms with E-state index in [-0.39, 0.29) is 17.9 Å². The number of thiophene rings is 1. The lowest BCUT2D eigenvalue weighted by molar-refractivity contribution is -0.125. The van der Waals surface area contributed by atoms with E-state index in [1.165, 1.54) is 0 Å². The summed E-state index contributed by atoms with van der Waals surface area (Å²) in [6.45, 7) is 2.37. The molecule has 2 heterocycles. The predicted molar refractivity (Wildman–Crippen MR) is 63.5 cm³/mol. The van der Waals surface area contributed by atoms with Gasteiger partial charge in [0, 0.05) is 18.3 Å². The second-order valence-corrected chi connectivity index (χ2v) is 4.53. The first-order chi connectivity index (χ1) is 7.72. The molecule has 1 fully saturated rings. The summed E-state index contributed by atoms with van der Waals surface area (Å²) in [6.07, 6.45) is 1.00. The van der Waals surface area contributed by atoms with E-state index in [4.69, 9.17) is 0 Å². The Bertz CT molecular complexity index is 389. The summed E-state index contributed by atoms with van der Waals surface area (Å²) in [5.74, 6) is -0.0512. The highest BCUT2D eigenvalue weighted by Crippen LogP contribution is 2.21. The van der Waals surface area contributed by atoms with Crippen LogP contribution in [0.25, 0.3) is 0 Å². The Labute approximate surface area is 98.3 Å². The zero-order valence-electron chi connectivity index (χ0n) is 9.10. The first-order valence-corrected chi connectivity index (χ1v) is 6.29. The predicted octanol–water partition coefficient (Wildman–Crippen LogP) is 1.38. The average Bonchev–Trinajstić information content (AvgIpc) is 2.75. The average molecular weight is 238 g/mol. The molecule has 1 N–H and O–H groups in total. The number of hydrogen-bond donors (Lipinski definition) is 1. The number of amides is 2. The first kappa shape index (κ1) is 11.1. The Balaban J connectivity index is 2.24. The van der Waals surface area contributed by atoms with Gasteiger partial charge in [0.1, 0.15) is 6.04 Å². The van der Waals surface area contributed by atoms with Crippen LogP contribution in [-0.2, 0) is 9.59 Å². The normalized spacial score (nSPS) is 21.8. The topological polar surface area (TPSA) is 49.4 Å². The van der Waals surface area contributed by atoms with Crippen LogP contribution in [0.3, 0.4) is 0 Å². The van der Waals surface area contributed by atoms with Crippen molar-refractivity contribution in [3.63, 3.8) is 0 Å². The minimum Gasteiger partial charge on any atom is -0.344 e. The Morgan fingerprint density at radius 2 is 2.38 bits per heavy atom. The molecule has 0 radical (unpaired) electrons. The van der Waals surface area contributed by atoms with Gasteiger partial charge in [-0.05, 0) is 17.9 Å². The summed E-state index contributed by atoms with van der Waals surface area (Å²) >= 11 is 1.55. The molecule has 0 saturated carbocycles. The standard InChI is InChI=1S/C11H14N2O2S/c1-2-9-11(15)13(5-3-10(14)12-9)8-4-6-16-7-8/h4,6-7,9H,2-3,5H2,1H3,(H,12,14). The summed E-state index contributed by atoms with van der Waals surface area (Å²) in [4.78, 5) is 25.3. The molecule has 86 valence electrons. The molecule has 0 bridgehead atoms. The van der Waals surface area contributed by atoms with Gasteiger partial charge in [0.2, 0.25) is 11.8 Å². The van der Waals surface area contributed by atoms with Gasteiger partial charge in [0.25, 0.3) is 0 Å². The van der Waals surface area contributed by atoms with E-state index in [0.717, 1.165) is 5.69 Å². The lowest BCUT2D eigenvalue weighted by Gasteiger charge is -2.22. The van der Waals surface area contributed by atoms with Gasteiger partial charge in [-0.2, -0.15) is 11.3 Å². The monoisotopic (exact) mass is 238 g/mol.